The first-order chi connectivity index (χ1) is 14.6. The van der Waals surface area contributed by atoms with Gasteiger partial charge in [-0.25, -0.2) is 0 Å². The molecule has 0 amide bonds. The summed E-state index contributed by atoms with van der Waals surface area (Å²) < 4.78 is 1.34. The molecule has 1 aliphatic heterocycles. The number of hydrogen-bond acceptors (Lipinski definition) is 5. The van der Waals surface area contributed by atoms with Gasteiger partial charge in [-0.05, 0) is 49.9 Å². The molecule has 2 aromatic heterocycles. The van der Waals surface area contributed by atoms with E-state index in [-0.39, 0.29) is 11.6 Å². The quantitative estimate of drug-likeness (QED) is 0.657. The Morgan fingerprint density at radius 1 is 1.13 bits per heavy atom. The van der Waals surface area contributed by atoms with Crippen LogP contribution in [0.25, 0.3) is 5.57 Å². The predicted molar refractivity (Wildman–Crippen MR) is 118 cm³/mol. The molecule has 6 heteroatoms. The van der Waals surface area contributed by atoms with Crippen LogP contribution in [0.4, 0.5) is 5.69 Å². The first-order valence-corrected chi connectivity index (χ1v) is 10.3. The fourth-order valence-electron chi connectivity index (χ4n) is 3.79. The van der Waals surface area contributed by atoms with Crippen molar-refractivity contribution < 1.29 is 4.84 Å². The van der Waals surface area contributed by atoms with Gasteiger partial charge in [-0.15, -0.1) is 4.73 Å². The van der Waals surface area contributed by atoms with E-state index in [4.69, 9.17) is 9.83 Å². The minimum Gasteiger partial charge on any atom is -0.404 e. The van der Waals surface area contributed by atoms with Crippen LogP contribution in [0.1, 0.15) is 31.4 Å². The number of benzene rings is 1. The lowest BCUT2D eigenvalue weighted by Crippen LogP contribution is -2.50. The highest BCUT2D eigenvalue weighted by Gasteiger charge is 2.16. The van der Waals surface area contributed by atoms with E-state index in [1.807, 2.05) is 42.5 Å². The minimum absolute atomic E-state index is 0.107. The molecule has 1 aliphatic rings. The fourth-order valence-corrected chi connectivity index (χ4v) is 3.79. The second kappa shape index (κ2) is 8.95. The minimum atomic E-state index is -0.221. The van der Waals surface area contributed by atoms with Crippen molar-refractivity contribution in [3.8, 4) is 0 Å². The van der Waals surface area contributed by atoms with Crippen molar-refractivity contribution in [1.29, 1.82) is 0 Å². The smallest absolute Gasteiger partial charge is 0.287 e. The van der Waals surface area contributed by atoms with Crippen LogP contribution in [0.2, 0.25) is 0 Å². The second-order valence-electron chi connectivity index (χ2n) is 7.64. The van der Waals surface area contributed by atoms with Crippen LogP contribution in [0.15, 0.2) is 70.7 Å². The van der Waals surface area contributed by atoms with Gasteiger partial charge < -0.3 is 10.2 Å². The summed E-state index contributed by atoms with van der Waals surface area (Å²) in [6, 6.07) is 15.5. The van der Waals surface area contributed by atoms with Crippen molar-refractivity contribution in [3.63, 3.8) is 0 Å². The molecule has 3 aromatic rings. The molecule has 0 saturated carbocycles. The highest BCUT2D eigenvalue weighted by Crippen LogP contribution is 2.11. The normalized spacial score (nSPS) is 15.3. The summed E-state index contributed by atoms with van der Waals surface area (Å²) in [6.45, 7) is 5.19. The summed E-state index contributed by atoms with van der Waals surface area (Å²) >= 11 is 0. The molecular formula is C24H26N4O2. The average molecular weight is 402 g/mol. The molecule has 1 aromatic carbocycles. The average Bonchev–Trinajstić information content (AvgIpc) is 2.74. The maximum Gasteiger partial charge on any atom is 0.287 e. The van der Waals surface area contributed by atoms with Crippen LogP contribution in [-0.2, 0) is 13.0 Å². The topological polar surface area (TPSA) is 68.5 Å². The molecule has 30 heavy (non-hydrogen) atoms. The molecule has 0 radical (unpaired) electrons. The van der Waals surface area contributed by atoms with Gasteiger partial charge in [0.05, 0.1) is 11.7 Å². The number of pyridine rings is 2. The molecule has 4 rings (SSSR count). The highest BCUT2D eigenvalue weighted by atomic mass is 16.7. The Kier molecular flexibility index (Phi) is 5.93. The number of hydrogen-bond donors (Lipinski definition) is 1. The lowest BCUT2D eigenvalue weighted by molar-refractivity contribution is 0.0788. The first kappa shape index (κ1) is 19.9. The summed E-state index contributed by atoms with van der Waals surface area (Å²) in [6.07, 6.45) is 5.29. The lowest BCUT2D eigenvalue weighted by atomic mass is 10.0. The van der Waals surface area contributed by atoms with Gasteiger partial charge in [0.1, 0.15) is 6.61 Å². The third-order valence-electron chi connectivity index (χ3n) is 5.21. The number of anilines is 1. The van der Waals surface area contributed by atoms with Crippen LogP contribution < -0.4 is 26.4 Å². The van der Waals surface area contributed by atoms with Crippen molar-refractivity contribution in [2.75, 3.05) is 11.9 Å². The SMILES string of the molecule is CC1=c2c(NCCc3ccncc3)cc(=O)n(OCc3ccccc3)c2=NC(C)C1. The second-order valence-corrected chi connectivity index (χ2v) is 7.64. The van der Waals surface area contributed by atoms with Crippen LogP contribution >= 0.6 is 0 Å². The maximum absolute atomic E-state index is 12.9. The van der Waals surface area contributed by atoms with Crippen molar-refractivity contribution >= 4 is 11.3 Å². The summed E-state index contributed by atoms with van der Waals surface area (Å²) in [5.41, 5.74) is 4.60. The van der Waals surface area contributed by atoms with E-state index >= 15 is 0 Å². The van der Waals surface area contributed by atoms with Gasteiger partial charge in [0.15, 0.2) is 5.49 Å². The predicted octanol–water partition coefficient (Wildman–Crippen LogP) is 2.11. The molecule has 1 N–H and O–H groups in total. The van der Waals surface area contributed by atoms with Crippen LogP contribution in [-0.4, -0.2) is 22.3 Å². The van der Waals surface area contributed by atoms with Gasteiger partial charge in [-0.3, -0.25) is 14.8 Å². The molecule has 0 aliphatic carbocycles. The Morgan fingerprint density at radius 2 is 1.90 bits per heavy atom. The van der Waals surface area contributed by atoms with Crippen molar-refractivity contribution in [3.05, 3.63) is 93.1 Å². The number of nitrogens with zero attached hydrogens (tertiary/aromatic N) is 3. The Bertz CT molecular complexity index is 1190. The fraction of sp³-hybridized carbons (Fsp3) is 0.292. The summed E-state index contributed by atoms with van der Waals surface area (Å²) in [5, 5.41) is 4.41. The molecule has 0 bridgehead atoms. The molecule has 3 heterocycles. The van der Waals surface area contributed by atoms with Gasteiger partial charge in [0.25, 0.3) is 5.56 Å². The Morgan fingerprint density at radius 3 is 2.67 bits per heavy atom. The molecule has 0 spiro atoms. The zero-order chi connectivity index (χ0) is 20.9. The molecule has 154 valence electrons. The van der Waals surface area contributed by atoms with Crippen LogP contribution in [0, 0.1) is 0 Å². The summed E-state index contributed by atoms with van der Waals surface area (Å²) in [7, 11) is 0. The molecular weight excluding hydrogens is 376 g/mol. The Labute approximate surface area is 175 Å². The monoisotopic (exact) mass is 402 g/mol. The van der Waals surface area contributed by atoms with Crippen LogP contribution in [0.3, 0.4) is 0 Å². The third kappa shape index (κ3) is 4.43. The van der Waals surface area contributed by atoms with Gasteiger partial charge in [0.2, 0.25) is 0 Å². The van der Waals surface area contributed by atoms with E-state index in [0.29, 0.717) is 18.6 Å². The van der Waals surface area contributed by atoms with E-state index in [0.717, 1.165) is 29.3 Å². The van der Waals surface area contributed by atoms with E-state index in [2.05, 4.69) is 24.1 Å². The third-order valence-corrected chi connectivity index (χ3v) is 5.21. The number of fused-ring (bicyclic) bond motifs is 1. The molecule has 1 unspecified atom stereocenters. The lowest BCUT2D eigenvalue weighted by Gasteiger charge is -2.19. The van der Waals surface area contributed by atoms with Crippen molar-refractivity contribution in [2.45, 2.75) is 39.3 Å². The van der Waals surface area contributed by atoms with Crippen molar-refractivity contribution in [1.82, 2.24) is 9.71 Å². The number of rotatable bonds is 7. The Hall–Kier alpha value is -3.41. The summed E-state index contributed by atoms with van der Waals surface area (Å²) in [4.78, 5) is 27.6. The van der Waals surface area contributed by atoms with Gasteiger partial charge in [-0.2, -0.15) is 0 Å². The standard InChI is InChI=1S/C24H26N4O2/c1-17-14-18(2)27-24-23(17)21(26-13-10-19-8-11-25-12-9-19)15-22(29)28(24)30-16-20-6-4-3-5-7-20/h3-9,11-12,15,18,26H,10,13-14,16H2,1-2H3. The Balaban J connectivity index is 1.65. The van der Waals surface area contributed by atoms with Gasteiger partial charge in [-0.1, -0.05) is 35.9 Å². The largest absolute Gasteiger partial charge is 0.404 e. The molecule has 6 nitrogen and oxygen atoms in total. The molecule has 0 saturated heterocycles. The maximum atomic E-state index is 12.9. The van der Waals surface area contributed by atoms with E-state index in [1.165, 1.54) is 15.9 Å². The van der Waals surface area contributed by atoms with Gasteiger partial charge in [0, 0.05) is 30.2 Å². The van der Waals surface area contributed by atoms with Crippen molar-refractivity contribution in [2.24, 2.45) is 4.99 Å². The number of aromatic nitrogens is 2. The summed E-state index contributed by atoms with van der Waals surface area (Å²) in [5.74, 6) is 0. The zero-order valence-corrected chi connectivity index (χ0v) is 17.3. The molecule has 1 atom stereocenters. The van der Waals surface area contributed by atoms with Crippen LogP contribution in [0.5, 0.6) is 0 Å². The van der Waals surface area contributed by atoms with E-state index in [9.17, 15) is 4.79 Å². The zero-order valence-electron chi connectivity index (χ0n) is 17.3. The van der Waals surface area contributed by atoms with Gasteiger partial charge >= 0.3 is 0 Å². The molecule has 0 fully saturated rings. The number of nitrogens with one attached hydrogen (secondary N) is 1. The highest BCUT2D eigenvalue weighted by molar-refractivity contribution is 5.55. The first-order valence-electron chi connectivity index (χ1n) is 10.3. The van der Waals surface area contributed by atoms with E-state index in [1.54, 1.807) is 18.5 Å². The van der Waals surface area contributed by atoms with E-state index < -0.39 is 0 Å².